The number of unbranched alkanes of at least 4 members (excludes halogenated alkanes) is 1. The number of hydrogen-bond donors (Lipinski definition) is 1. The van der Waals surface area contributed by atoms with Gasteiger partial charge in [-0.25, -0.2) is 4.98 Å². The largest absolute Gasteiger partial charge is 0.496 e. The molecule has 1 aliphatic rings. The predicted octanol–water partition coefficient (Wildman–Crippen LogP) is 5.07. The summed E-state index contributed by atoms with van der Waals surface area (Å²) in [6, 6.07) is 14.7. The Balaban J connectivity index is 1.64. The van der Waals surface area contributed by atoms with Gasteiger partial charge in [0.2, 0.25) is 17.7 Å². The Morgan fingerprint density at radius 1 is 1.24 bits per heavy atom. The van der Waals surface area contributed by atoms with Crippen LogP contribution in [0, 0.1) is 5.92 Å². The lowest BCUT2D eigenvalue weighted by Crippen LogP contribution is -2.47. The fourth-order valence-corrected chi connectivity index (χ4v) is 4.45. The van der Waals surface area contributed by atoms with Gasteiger partial charge in [0.1, 0.15) is 12.0 Å². The van der Waals surface area contributed by atoms with E-state index < -0.39 is 5.92 Å². The van der Waals surface area contributed by atoms with Crippen LogP contribution >= 0.6 is 0 Å². The van der Waals surface area contributed by atoms with Crippen molar-refractivity contribution in [3.63, 3.8) is 0 Å². The third kappa shape index (κ3) is 4.92. The number of oxazole rings is 1. The van der Waals surface area contributed by atoms with Crippen LogP contribution in [0.3, 0.4) is 0 Å². The molecule has 33 heavy (non-hydrogen) atoms. The van der Waals surface area contributed by atoms with Crippen LogP contribution in [0.25, 0.3) is 11.5 Å². The summed E-state index contributed by atoms with van der Waals surface area (Å²) in [5, 5.41) is 3.06. The number of para-hydroxylation sites is 1. The molecule has 4 rings (SSSR count). The Labute approximate surface area is 193 Å². The third-order valence-corrected chi connectivity index (χ3v) is 6.06. The molecule has 0 bridgehead atoms. The van der Waals surface area contributed by atoms with Crippen molar-refractivity contribution in [2.75, 3.05) is 19.0 Å². The number of carbonyl (C=O) groups excluding carboxylic acids is 2. The highest BCUT2D eigenvalue weighted by atomic mass is 16.5. The molecule has 3 aromatic rings. The second-order valence-corrected chi connectivity index (χ2v) is 8.18. The molecule has 1 saturated heterocycles. The number of ether oxygens (including phenoxy) is 1. The average molecular weight is 448 g/mol. The zero-order valence-electron chi connectivity index (χ0n) is 19.0. The number of anilines is 1. The number of nitrogens with one attached hydrogen (secondary N) is 1. The van der Waals surface area contributed by atoms with E-state index in [0.29, 0.717) is 36.7 Å². The van der Waals surface area contributed by atoms with Gasteiger partial charge in [0.05, 0.1) is 25.3 Å². The summed E-state index contributed by atoms with van der Waals surface area (Å²) >= 11 is 0. The maximum atomic E-state index is 13.5. The van der Waals surface area contributed by atoms with E-state index in [1.165, 1.54) is 6.26 Å². The molecule has 2 aromatic carbocycles. The topological polar surface area (TPSA) is 84.7 Å². The zero-order valence-corrected chi connectivity index (χ0v) is 19.0. The number of rotatable bonds is 8. The lowest BCUT2D eigenvalue weighted by molar-refractivity contribution is -0.142. The number of benzene rings is 2. The molecule has 0 radical (unpaired) electrons. The maximum absolute atomic E-state index is 13.5. The van der Waals surface area contributed by atoms with Gasteiger partial charge in [0, 0.05) is 29.8 Å². The molecule has 0 spiro atoms. The zero-order chi connectivity index (χ0) is 23.2. The van der Waals surface area contributed by atoms with Crippen molar-refractivity contribution in [3.8, 4) is 17.2 Å². The Hall–Kier alpha value is -3.61. The highest BCUT2D eigenvalue weighted by molar-refractivity contribution is 5.95. The summed E-state index contributed by atoms with van der Waals surface area (Å²) < 4.78 is 11.0. The van der Waals surface area contributed by atoms with Gasteiger partial charge in [-0.05, 0) is 37.1 Å². The average Bonchev–Trinajstić information content (AvgIpc) is 3.38. The van der Waals surface area contributed by atoms with Crippen LogP contribution in [-0.2, 0) is 9.59 Å². The highest BCUT2D eigenvalue weighted by Gasteiger charge is 2.41. The van der Waals surface area contributed by atoms with Crippen molar-refractivity contribution in [1.82, 2.24) is 9.88 Å². The molecule has 1 fully saturated rings. The van der Waals surface area contributed by atoms with E-state index in [4.69, 9.17) is 9.15 Å². The SMILES string of the molecule is CCCCN1C(=O)CC[C@H](C(=O)Nc2cccc(-c3ncco3)c2)[C@@H]1c1ccccc1OC. The minimum Gasteiger partial charge on any atom is -0.496 e. The van der Waals surface area contributed by atoms with Gasteiger partial charge < -0.3 is 19.4 Å². The molecule has 0 saturated carbocycles. The number of piperidine rings is 1. The summed E-state index contributed by atoms with van der Waals surface area (Å²) in [6.45, 7) is 2.71. The van der Waals surface area contributed by atoms with Crippen LogP contribution < -0.4 is 10.1 Å². The smallest absolute Gasteiger partial charge is 0.229 e. The van der Waals surface area contributed by atoms with E-state index >= 15 is 0 Å². The Bertz CT molecular complexity index is 1100. The monoisotopic (exact) mass is 447 g/mol. The van der Waals surface area contributed by atoms with Crippen LogP contribution in [-0.4, -0.2) is 35.4 Å². The molecule has 0 unspecified atom stereocenters. The molecule has 2 amide bonds. The standard InChI is InChI=1S/C26H29N3O4/c1-3-4-15-29-23(30)13-12-21(24(29)20-10-5-6-11-22(20)32-2)25(31)28-19-9-7-8-18(17-19)26-27-14-16-33-26/h5-11,14,16-17,21,24H,3-4,12-13,15H2,1-2H3,(H,28,31)/t21-,24-/m0/s1. The molecular formula is C26H29N3O4. The molecule has 7 heteroatoms. The minimum absolute atomic E-state index is 0.0781. The molecular weight excluding hydrogens is 418 g/mol. The summed E-state index contributed by atoms with van der Waals surface area (Å²) in [6.07, 6.45) is 5.78. The lowest BCUT2D eigenvalue weighted by atomic mass is 9.83. The van der Waals surface area contributed by atoms with Crippen LogP contribution in [0.5, 0.6) is 5.75 Å². The number of amides is 2. The van der Waals surface area contributed by atoms with Crippen molar-refractivity contribution >= 4 is 17.5 Å². The lowest BCUT2D eigenvalue weighted by Gasteiger charge is -2.41. The molecule has 1 aliphatic heterocycles. The number of carbonyl (C=O) groups is 2. The molecule has 1 N–H and O–H groups in total. The van der Waals surface area contributed by atoms with E-state index in [1.54, 1.807) is 13.3 Å². The van der Waals surface area contributed by atoms with Gasteiger partial charge in [0.15, 0.2) is 0 Å². The van der Waals surface area contributed by atoms with E-state index in [1.807, 2.05) is 53.4 Å². The Kier molecular flexibility index (Phi) is 7.07. The summed E-state index contributed by atoms with van der Waals surface area (Å²) in [5.74, 6) is 0.731. The summed E-state index contributed by atoms with van der Waals surface area (Å²) in [7, 11) is 1.61. The van der Waals surface area contributed by atoms with Gasteiger partial charge in [0.25, 0.3) is 0 Å². The van der Waals surface area contributed by atoms with Gasteiger partial charge in [-0.15, -0.1) is 0 Å². The van der Waals surface area contributed by atoms with Crippen LogP contribution in [0.4, 0.5) is 5.69 Å². The minimum atomic E-state index is -0.402. The molecule has 2 atom stereocenters. The molecule has 1 aromatic heterocycles. The molecule has 172 valence electrons. The van der Waals surface area contributed by atoms with Crippen LogP contribution in [0.1, 0.15) is 44.2 Å². The number of methoxy groups -OCH3 is 1. The first-order chi connectivity index (χ1) is 16.1. The van der Waals surface area contributed by atoms with Gasteiger partial charge >= 0.3 is 0 Å². The Morgan fingerprint density at radius 2 is 2.09 bits per heavy atom. The first-order valence-corrected chi connectivity index (χ1v) is 11.4. The summed E-state index contributed by atoms with van der Waals surface area (Å²) in [5.41, 5.74) is 2.30. The van der Waals surface area contributed by atoms with Gasteiger partial charge in [-0.3, -0.25) is 9.59 Å². The second-order valence-electron chi connectivity index (χ2n) is 8.18. The van der Waals surface area contributed by atoms with Crippen molar-refractivity contribution in [2.45, 2.75) is 38.6 Å². The fraction of sp³-hybridized carbons (Fsp3) is 0.346. The number of hydrogen-bond acceptors (Lipinski definition) is 5. The number of nitrogens with zero attached hydrogens (tertiary/aromatic N) is 2. The highest BCUT2D eigenvalue weighted by Crippen LogP contribution is 2.41. The third-order valence-electron chi connectivity index (χ3n) is 6.06. The van der Waals surface area contributed by atoms with Crippen molar-refractivity contribution in [1.29, 1.82) is 0 Å². The number of likely N-dealkylation sites (tertiary alicyclic amines) is 1. The van der Waals surface area contributed by atoms with Crippen LogP contribution in [0.2, 0.25) is 0 Å². The Morgan fingerprint density at radius 3 is 2.85 bits per heavy atom. The van der Waals surface area contributed by atoms with E-state index in [0.717, 1.165) is 24.0 Å². The van der Waals surface area contributed by atoms with Gasteiger partial charge in [-0.2, -0.15) is 0 Å². The summed E-state index contributed by atoms with van der Waals surface area (Å²) in [4.78, 5) is 32.5. The van der Waals surface area contributed by atoms with Crippen LogP contribution in [0.15, 0.2) is 65.4 Å². The first-order valence-electron chi connectivity index (χ1n) is 11.4. The first kappa shape index (κ1) is 22.6. The van der Waals surface area contributed by atoms with Crippen molar-refractivity contribution in [3.05, 3.63) is 66.6 Å². The number of aromatic nitrogens is 1. The molecule has 2 heterocycles. The quantitative estimate of drug-likeness (QED) is 0.521. The van der Waals surface area contributed by atoms with E-state index in [9.17, 15) is 9.59 Å². The predicted molar refractivity (Wildman–Crippen MR) is 126 cm³/mol. The fourth-order valence-electron chi connectivity index (χ4n) is 4.45. The van der Waals surface area contributed by atoms with E-state index in [2.05, 4.69) is 17.2 Å². The second kappa shape index (κ2) is 10.3. The van der Waals surface area contributed by atoms with Crippen molar-refractivity contribution < 1.29 is 18.7 Å². The molecule has 0 aliphatic carbocycles. The normalized spacial score (nSPS) is 18.2. The van der Waals surface area contributed by atoms with Crippen molar-refractivity contribution in [2.24, 2.45) is 5.92 Å². The maximum Gasteiger partial charge on any atom is 0.229 e. The molecule has 7 nitrogen and oxygen atoms in total. The van der Waals surface area contributed by atoms with Gasteiger partial charge in [-0.1, -0.05) is 37.6 Å². The van der Waals surface area contributed by atoms with E-state index in [-0.39, 0.29) is 17.9 Å².